The molecule has 1 fully saturated rings. The molecule has 0 unspecified atom stereocenters. The Kier molecular flexibility index (Phi) is 3.88. The average Bonchev–Trinajstić information content (AvgIpc) is 2.39. The topological polar surface area (TPSA) is 35.9 Å². The van der Waals surface area contributed by atoms with Crippen LogP contribution in [0.1, 0.15) is 15.9 Å². The largest absolute Gasteiger partial charge is 0.303 e. The van der Waals surface area contributed by atoms with E-state index in [1.54, 1.807) is 12.1 Å². The summed E-state index contributed by atoms with van der Waals surface area (Å²) in [6.07, 6.45) is 2.70. The molecule has 1 aliphatic heterocycles. The SMILES string of the molecule is CN1CCN(/N=C/c2ccc(C=O)cc2)CC1. The molecular formula is C13H17N3O. The lowest BCUT2D eigenvalue weighted by Gasteiger charge is -2.30. The van der Waals surface area contributed by atoms with Gasteiger partial charge in [-0.3, -0.25) is 9.80 Å². The fourth-order valence-electron chi connectivity index (χ4n) is 1.72. The fraction of sp³-hybridized carbons (Fsp3) is 0.385. The molecule has 0 N–H and O–H groups in total. The molecule has 0 aliphatic carbocycles. The van der Waals surface area contributed by atoms with Gasteiger partial charge in [0.05, 0.1) is 6.21 Å². The Morgan fingerprint density at radius 3 is 2.24 bits per heavy atom. The molecule has 0 saturated carbocycles. The van der Waals surface area contributed by atoms with Crippen molar-refractivity contribution in [1.29, 1.82) is 0 Å². The standard InChI is InChI=1S/C13H17N3O/c1-15-6-8-16(9-7-15)14-10-12-2-4-13(11-17)5-3-12/h2-5,10-11H,6-9H2,1H3/b14-10+. The van der Waals surface area contributed by atoms with Gasteiger partial charge in [0, 0.05) is 31.7 Å². The number of rotatable bonds is 3. The Morgan fingerprint density at radius 1 is 1.06 bits per heavy atom. The molecule has 2 rings (SSSR count). The van der Waals surface area contributed by atoms with Gasteiger partial charge in [-0.15, -0.1) is 0 Å². The number of aldehydes is 1. The van der Waals surface area contributed by atoms with Gasteiger partial charge in [-0.2, -0.15) is 5.10 Å². The summed E-state index contributed by atoms with van der Waals surface area (Å²) in [5, 5.41) is 6.51. The van der Waals surface area contributed by atoms with Crippen molar-refractivity contribution in [2.45, 2.75) is 0 Å². The van der Waals surface area contributed by atoms with Crippen molar-refractivity contribution >= 4 is 12.5 Å². The van der Waals surface area contributed by atoms with E-state index in [1.807, 2.05) is 18.3 Å². The minimum absolute atomic E-state index is 0.696. The van der Waals surface area contributed by atoms with Crippen LogP contribution in [0.3, 0.4) is 0 Å². The lowest BCUT2D eigenvalue weighted by Crippen LogP contribution is -2.41. The second-order valence-electron chi connectivity index (χ2n) is 4.29. The van der Waals surface area contributed by atoms with E-state index in [-0.39, 0.29) is 0 Å². The second kappa shape index (κ2) is 5.59. The van der Waals surface area contributed by atoms with Gasteiger partial charge in [-0.1, -0.05) is 24.3 Å². The highest BCUT2D eigenvalue weighted by molar-refractivity contribution is 5.82. The van der Waals surface area contributed by atoms with Crippen LogP contribution in [-0.2, 0) is 0 Å². The van der Waals surface area contributed by atoms with Crippen molar-refractivity contribution in [3.63, 3.8) is 0 Å². The van der Waals surface area contributed by atoms with Gasteiger partial charge in [-0.05, 0) is 12.6 Å². The number of benzene rings is 1. The summed E-state index contributed by atoms with van der Waals surface area (Å²) in [5.41, 5.74) is 1.72. The molecule has 0 aromatic heterocycles. The van der Waals surface area contributed by atoms with E-state index in [0.717, 1.165) is 38.0 Å². The van der Waals surface area contributed by atoms with E-state index in [1.165, 1.54) is 0 Å². The zero-order valence-electron chi connectivity index (χ0n) is 10.0. The summed E-state index contributed by atoms with van der Waals surface area (Å²) >= 11 is 0. The van der Waals surface area contributed by atoms with Crippen molar-refractivity contribution in [3.05, 3.63) is 35.4 Å². The molecule has 1 heterocycles. The third-order valence-corrected chi connectivity index (χ3v) is 2.92. The van der Waals surface area contributed by atoms with E-state index in [4.69, 9.17) is 0 Å². The molecule has 1 saturated heterocycles. The van der Waals surface area contributed by atoms with Crippen LogP contribution >= 0.6 is 0 Å². The summed E-state index contributed by atoms with van der Waals surface area (Å²) in [6, 6.07) is 7.42. The Morgan fingerprint density at radius 2 is 1.65 bits per heavy atom. The molecule has 0 amide bonds. The van der Waals surface area contributed by atoms with Gasteiger partial charge < -0.3 is 4.90 Å². The van der Waals surface area contributed by atoms with E-state index >= 15 is 0 Å². The van der Waals surface area contributed by atoms with Gasteiger partial charge in [-0.25, -0.2) is 0 Å². The summed E-state index contributed by atoms with van der Waals surface area (Å²) in [6.45, 7) is 4.06. The predicted molar refractivity (Wildman–Crippen MR) is 68.5 cm³/mol. The first-order valence-electron chi connectivity index (χ1n) is 5.80. The molecule has 4 nitrogen and oxygen atoms in total. The first kappa shape index (κ1) is 11.8. The zero-order chi connectivity index (χ0) is 12.1. The Hall–Kier alpha value is -1.68. The van der Waals surface area contributed by atoms with Crippen LogP contribution in [0.4, 0.5) is 0 Å². The maximum Gasteiger partial charge on any atom is 0.150 e. The zero-order valence-corrected chi connectivity index (χ0v) is 10.0. The van der Waals surface area contributed by atoms with Crippen LogP contribution < -0.4 is 0 Å². The lowest BCUT2D eigenvalue weighted by molar-refractivity contribution is 0.112. The van der Waals surface area contributed by atoms with Crippen LogP contribution in [-0.4, -0.2) is 55.6 Å². The summed E-state index contributed by atoms with van der Waals surface area (Å²) in [4.78, 5) is 12.8. The van der Waals surface area contributed by atoms with E-state index in [0.29, 0.717) is 5.56 Å². The first-order chi connectivity index (χ1) is 8.28. The minimum atomic E-state index is 0.696. The summed E-state index contributed by atoms with van der Waals surface area (Å²) < 4.78 is 0. The highest BCUT2D eigenvalue weighted by Crippen LogP contribution is 2.02. The van der Waals surface area contributed by atoms with Crippen molar-refractivity contribution < 1.29 is 4.79 Å². The Balaban J connectivity index is 1.93. The van der Waals surface area contributed by atoms with Gasteiger partial charge in [0.2, 0.25) is 0 Å². The molecule has 0 spiro atoms. The van der Waals surface area contributed by atoms with Crippen LogP contribution in [0.2, 0.25) is 0 Å². The van der Waals surface area contributed by atoms with Crippen LogP contribution in [0.15, 0.2) is 29.4 Å². The molecule has 0 atom stereocenters. The molecule has 0 radical (unpaired) electrons. The van der Waals surface area contributed by atoms with Crippen LogP contribution in [0.25, 0.3) is 0 Å². The number of hydrogen-bond acceptors (Lipinski definition) is 4. The third-order valence-electron chi connectivity index (χ3n) is 2.92. The van der Waals surface area contributed by atoms with Crippen molar-refractivity contribution in [2.24, 2.45) is 5.10 Å². The first-order valence-corrected chi connectivity index (χ1v) is 5.80. The smallest absolute Gasteiger partial charge is 0.150 e. The molecule has 1 aromatic carbocycles. The van der Waals surface area contributed by atoms with Crippen molar-refractivity contribution in [3.8, 4) is 0 Å². The maximum absolute atomic E-state index is 10.5. The molecule has 4 heteroatoms. The lowest BCUT2D eigenvalue weighted by atomic mass is 10.2. The molecule has 1 aromatic rings. The fourth-order valence-corrected chi connectivity index (χ4v) is 1.72. The summed E-state index contributed by atoms with van der Waals surface area (Å²) in [5.74, 6) is 0. The highest BCUT2D eigenvalue weighted by Gasteiger charge is 2.10. The molecule has 1 aliphatic rings. The summed E-state index contributed by atoms with van der Waals surface area (Å²) in [7, 11) is 2.12. The quantitative estimate of drug-likeness (QED) is 0.577. The van der Waals surface area contributed by atoms with E-state index < -0.39 is 0 Å². The third kappa shape index (κ3) is 3.39. The number of hydrazone groups is 1. The van der Waals surface area contributed by atoms with Gasteiger partial charge in [0.25, 0.3) is 0 Å². The second-order valence-corrected chi connectivity index (χ2v) is 4.29. The maximum atomic E-state index is 10.5. The number of carbonyl (C=O) groups excluding carboxylic acids is 1. The predicted octanol–water partition coefficient (Wildman–Crippen LogP) is 1.08. The van der Waals surface area contributed by atoms with Gasteiger partial charge in [0.1, 0.15) is 6.29 Å². The monoisotopic (exact) mass is 231 g/mol. The van der Waals surface area contributed by atoms with E-state index in [2.05, 4.69) is 22.1 Å². The molecule has 90 valence electrons. The van der Waals surface area contributed by atoms with E-state index in [9.17, 15) is 4.79 Å². The van der Waals surface area contributed by atoms with Gasteiger partial charge in [0.15, 0.2) is 0 Å². The Bertz CT molecular complexity index is 392. The van der Waals surface area contributed by atoms with Crippen LogP contribution in [0, 0.1) is 0 Å². The Labute approximate surface area is 102 Å². The minimum Gasteiger partial charge on any atom is -0.303 e. The molecule has 17 heavy (non-hydrogen) atoms. The number of nitrogens with zero attached hydrogens (tertiary/aromatic N) is 3. The highest BCUT2D eigenvalue weighted by atomic mass is 16.1. The number of carbonyl (C=O) groups is 1. The normalized spacial score (nSPS) is 17.6. The van der Waals surface area contributed by atoms with Crippen molar-refractivity contribution in [1.82, 2.24) is 9.91 Å². The average molecular weight is 231 g/mol. The number of likely N-dealkylation sites (N-methyl/N-ethyl adjacent to an activating group) is 1. The number of piperazine rings is 1. The van der Waals surface area contributed by atoms with Gasteiger partial charge >= 0.3 is 0 Å². The molecule has 0 bridgehead atoms. The number of hydrogen-bond donors (Lipinski definition) is 0. The van der Waals surface area contributed by atoms with Crippen molar-refractivity contribution in [2.75, 3.05) is 33.2 Å². The molecular weight excluding hydrogens is 214 g/mol. The van der Waals surface area contributed by atoms with Crippen LogP contribution in [0.5, 0.6) is 0 Å².